The number of hydrogen-bond acceptors (Lipinski definition) is 1. The van der Waals surface area contributed by atoms with E-state index in [0.717, 1.165) is 36.2 Å². The van der Waals surface area contributed by atoms with Crippen LogP contribution in [0, 0.1) is 34.5 Å². The van der Waals surface area contributed by atoms with Gasteiger partial charge in [-0.1, -0.05) is 27.7 Å². The average molecular weight is 224 g/mol. The number of aliphatic hydroxyl groups is 1. The Bertz CT molecular complexity index is 271. The summed E-state index contributed by atoms with van der Waals surface area (Å²) in [5, 5.41) is 7.00. The van der Waals surface area contributed by atoms with E-state index in [9.17, 15) is 0 Å². The van der Waals surface area contributed by atoms with Crippen molar-refractivity contribution in [1.29, 1.82) is 0 Å². The molecule has 1 N–H and O–H groups in total. The third-order valence-corrected chi connectivity index (χ3v) is 6.34. The second kappa shape index (κ2) is 3.73. The molecule has 0 aliphatic heterocycles. The zero-order valence-corrected chi connectivity index (χ0v) is 11.6. The van der Waals surface area contributed by atoms with Gasteiger partial charge in [0.05, 0.1) is 0 Å². The summed E-state index contributed by atoms with van der Waals surface area (Å²) in [6, 6.07) is 0. The van der Waals surface area contributed by atoms with Gasteiger partial charge in [-0.3, -0.25) is 0 Å². The summed E-state index contributed by atoms with van der Waals surface area (Å²) in [5.74, 6) is 4.29. The maximum atomic E-state index is 7.00. The molecule has 0 heterocycles. The molecular formula is C15H28O. The Morgan fingerprint density at radius 2 is 1.69 bits per heavy atom. The summed E-state index contributed by atoms with van der Waals surface area (Å²) in [6.07, 6.45) is 6.14. The standard InChI is InChI=1S/C14H24.CH4O/c1-9-5-10(9)6-11-7-12-8-14(12,4)13(11,2)3;1-2/h9-12H,5-8H2,1-4H3;2H,1H3. The van der Waals surface area contributed by atoms with Gasteiger partial charge in [-0.25, -0.2) is 0 Å². The second-order valence-corrected chi connectivity index (χ2v) is 7.18. The van der Waals surface area contributed by atoms with E-state index >= 15 is 0 Å². The fourth-order valence-electron chi connectivity index (χ4n) is 4.17. The molecule has 0 spiro atoms. The predicted octanol–water partition coefficient (Wildman–Crippen LogP) is 3.71. The van der Waals surface area contributed by atoms with Crippen LogP contribution in [0.5, 0.6) is 0 Å². The molecule has 0 aromatic carbocycles. The number of rotatable bonds is 2. The highest BCUT2D eigenvalue weighted by Gasteiger charge is 2.67. The summed E-state index contributed by atoms with van der Waals surface area (Å²) < 4.78 is 0. The molecule has 5 atom stereocenters. The summed E-state index contributed by atoms with van der Waals surface area (Å²) >= 11 is 0. The zero-order valence-electron chi connectivity index (χ0n) is 11.6. The van der Waals surface area contributed by atoms with Gasteiger partial charge in [-0.15, -0.1) is 0 Å². The van der Waals surface area contributed by atoms with E-state index in [-0.39, 0.29) is 0 Å². The lowest BCUT2D eigenvalue weighted by molar-refractivity contribution is 0.135. The van der Waals surface area contributed by atoms with Crippen LogP contribution in [0.25, 0.3) is 0 Å². The van der Waals surface area contributed by atoms with Crippen molar-refractivity contribution < 1.29 is 5.11 Å². The molecule has 5 unspecified atom stereocenters. The van der Waals surface area contributed by atoms with Gasteiger partial charge in [0.15, 0.2) is 0 Å². The lowest BCUT2D eigenvalue weighted by atomic mass is 9.69. The third kappa shape index (κ3) is 1.63. The number of hydrogen-bond donors (Lipinski definition) is 1. The van der Waals surface area contributed by atoms with Gasteiger partial charge in [0.1, 0.15) is 0 Å². The van der Waals surface area contributed by atoms with Crippen LogP contribution in [0.4, 0.5) is 0 Å². The minimum Gasteiger partial charge on any atom is -0.400 e. The van der Waals surface area contributed by atoms with E-state index in [1.54, 1.807) is 12.8 Å². The van der Waals surface area contributed by atoms with E-state index in [1.165, 1.54) is 12.8 Å². The van der Waals surface area contributed by atoms with Crippen LogP contribution < -0.4 is 0 Å². The Labute approximate surface area is 101 Å². The molecule has 3 fully saturated rings. The van der Waals surface area contributed by atoms with Crippen molar-refractivity contribution in [3.8, 4) is 0 Å². The number of fused-ring (bicyclic) bond motifs is 1. The van der Waals surface area contributed by atoms with E-state index in [2.05, 4.69) is 27.7 Å². The maximum Gasteiger partial charge on any atom is 0.0319 e. The van der Waals surface area contributed by atoms with Crippen molar-refractivity contribution in [1.82, 2.24) is 0 Å². The Balaban J connectivity index is 0.000000457. The first-order chi connectivity index (χ1) is 7.45. The molecule has 0 radical (unpaired) electrons. The minimum absolute atomic E-state index is 0.639. The quantitative estimate of drug-likeness (QED) is 0.758. The van der Waals surface area contributed by atoms with Crippen molar-refractivity contribution in [3.05, 3.63) is 0 Å². The SMILES string of the molecule is CC1CC1CC1CC2CC2(C)C1(C)C.CO. The Morgan fingerprint density at radius 3 is 2.06 bits per heavy atom. The van der Waals surface area contributed by atoms with E-state index in [0.29, 0.717) is 5.41 Å². The van der Waals surface area contributed by atoms with Crippen molar-refractivity contribution in [2.24, 2.45) is 34.5 Å². The highest BCUT2D eigenvalue weighted by atomic mass is 16.2. The largest absolute Gasteiger partial charge is 0.400 e. The molecule has 0 saturated heterocycles. The molecule has 3 saturated carbocycles. The highest BCUT2D eigenvalue weighted by molar-refractivity contribution is 5.16. The van der Waals surface area contributed by atoms with Crippen molar-refractivity contribution >= 4 is 0 Å². The van der Waals surface area contributed by atoms with Gasteiger partial charge in [0, 0.05) is 7.11 Å². The van der Waals surface area contributed by atoms with Crippen LogP contribution in [0.2, 0.25) is 0 Å². The zero-order chi connectivity index (χ0) is 12.1. The molecule has 1 heteroatoms. The van der Waals surface area contributed by atoms with Gasteiger partial charge in [0.2, 0.25) is 0 Å². The smallest absolute Gasteiger partial charge is 0.0319 e. The highest BCUT2D eigenvalue weighted by Crippen LogP contribution is 2.75. The first kappa shape index (κ1) is 12.4. The average Bonchev–Trinajstić information content (AvgIpc) is 3.08. The van der Waals surface area contributed by atoms with Crippen LogP contribution in [0.1, 0.15) is 53.4 Å². The molecule has 94 valence electrons. The molecule has 3 aliphatic carbocycles. The fourth-order valence-corrected chi connectivity index (χ4v) is 4.17. The van der Waals surface area contributed by atoms with E-state index in [4.69, 9.17) is 5.11 Å². The van der Waals surface area contributed by atoms with Crippen LogP contribution in [0.3, 0.4) is 0 Å². The lowest BCUT2D eigenvalue weighted by Gasteiger charge is -2.35. The normalized spacial score (nSPS) is 51.4. The molecule has 1 nitrogen and oxygen atoms in total. The Hall–Kier alpha value is -0.0400. The molecule has 3 aliphatic rings. The maximum absolute atomic E-state index is 7.00. The topological polar surface area (TPSA) is 20.2 Å². The summed E-state index contributed by atoms with van der Waals surface area (Å²) in [6.45, 7) is 10.0. The van der Waals surface area contributed by atoms with Crippen LogP contribution >= 0.6 is 0 Å². The Kier molecular flexibility index (Phi) is 2.89. The molecule has 0 aromatic rings. The molecule has 3 rings (SSSR count). The molecule has 0 aromatic heterocycles. The molecular weight excluding hydrogens is 196 g/mol. The summed E-state index contributed by atoms with van der Waals surface area (Å²) in [5.41, 5.74) is 1.37. The van der Waals surface area contributed by atoms with Crippen LogP contribution in [-0.4, -0.2) is 12.2 Å². The fraction of sp³-hybridized carbons (Fsp3) is 1.00. The van der Waals surface area contributed by atoms with Crippen molar-refractivity contribution in [3.63, 3.8) is 0 Å². The van der Waals surface area contributed by atoms with Crippen molar-refractivity contribution in [2.45, 2.75) is 53.4 Å². The monoisotopic (exact) mass is 224 g/mol. The van der Waals surface area contributed by atoms with Crippen LogP contribution in [-0.2, 0) is 0 Å². The van der Waals surface area contributed by atoms with Gasteiger partial charge < -0.3 is 5.11 Å². The minimum atomic E-state index is 0.639. The van der Waals surface area contributed by atoms with Crippen molar-refractivity contribution in [2.75, 3.05) is 7.11 Å². The molecule has 16 heavy (non-hydrogen) atoms. The van der Waals surface area contributed by atoms with Crippen LogP contribution in [0.15, 0.2) is 0 Å². The summed E-state index contributed by atoms with van der Waals surface area (Å²) in [7, 11) is 1.00. The van der Waals surface area contributed by atoms with E-state index < -0.39 is 0 Å². The number of aliphatic hydroxyl groups excluding tert-OH is 1. The van der Waals surface area contributed by atoms with Gasteiger partial charge >= 0.3 is 0 Å². The predicted molar refractivity (Wildman–Crippen MR) is 68.1 cm³/mol. The summed E-state index contributed by atoms with van der Waals surface area (Å²) in [4.78, 5) is 0. The molecule has 0 bridgehead atoms. The lowest BCUT2D eigenvalue weighted by Crippen LogP contribution is -2.28. The first-order valence-electron chi connectivity index (χ1n) is 6.90. The second-order valence-electron chi connectivity index (χ2n) is 7.18. The Morgan fingerprint density at radius 1 is 1.12 bits per heavy atom. The van der Waals surface area contributed by atoms with Gasteiger partial charge in [-0.05, 0) is 60.2 Å². The van der Waals surface area contributed by atoms with Gasteiger partial charge in [-0.2, -0.15) is 0 Å². The molecule has 0 amide bonds. The van der Waals surface area contributed by atoms with Gasteiger partial charge in [0.25, 0.3) is 0 Å². The first-order valence-corrected chi connectivity index (χ1v) is 6.90. The third-order valence-electron chi connectivity index (χ3n) is 6.34. The van der Waals surface area contributed by atoms with E-state index in [1.807, 2.05) is 0 Å².